The molecule has 0 aliphatic heterocycles. The molecule has 0 saturated heterocycles. The molecule has 0 saturated carbocycles. The fraction of sp³-hybridized carbons (Fsp3) is 0.400. The number of aromatic nitrogens is 1. The quantitative estimate of drug-likeness (QED) is 0.299. The van der Waals surface area contributed by atoms with Crippen LogP contribution in [0, 0.1) is 0 Å². The van der Waals surface area contributed by atoms with Crippen molar-refractivity contribution >= 4 is 32.7 Å². The number of aliphatic hydroxyl groups excluding tert-OH is 1. The average molecular weight is 518 g/mol. The SMILES string of the molecule is CCOc1cc(Br)ccc1OCCNC(C)Cc1cc(C(N)=O)c2c(ccn2CCCO)c1. The minimum atomic E-state index is -0.445. The Bertz CT molecular complexity index is 1080. The molecule has 8 heteroatoms. The molecule has 1 atom stereocenters. The van der Waals surface area contributed by atoms with Crippen molar-refractivity contribution in [1.29, 1.82) is 0 Å². The van der Waals surface area contributed by atoms with Crippen LogP contribution in [-0.2, 0) is 13.0 Å². The Morgan fingerprint density at radius 1 is 1.21 bits per heavy atom. The van der Waals surface area contributed by atoms with Crippen LogP contribution in [0.5, 0.6) is 11.5 Å². The summed E-state index contributed by atoms with van der Waals surface area (Å²) >= 11 is 3.45. The van der Waals surface area contributed by atoms with Crippen molar-refractivity contribution < 1.29 is 19.4 Å². The van der Waals surface area contributed by atoms with Crippen LogP contribution < -0.4 is 20.5 Å². The van der Waals surface area contributed by atoms with Crippen LogP contribution in [-0.4, -0.2) is 48.0 Å². The van der Waals surface area contributed by atoms with E-state index in [9.17, 15) is 4.79 Å². The van der Waals surface area contributed by atoms with Crippen LogP contribution >= 0.6 is 15.9 Å². The van der Waals surface area contributed by atoms with Gasteiger partial charge in [0.05, 0.1) is 17.7 Å². The number of hydrogen-bond acceptors (Lipinski definition) is 5. The molecule has 7 nitrogen and oxygen atoms in total. The number of nitrogens with zero attached hydrogens (tertiary/aromatic N) is 1. The maximum atomic E-state index is 12.1. The van der Waals surface area contributed by atoms with Gasteiger partial charge in [0.1, 0.15) is 6.61 Å². The first kappa shape index (κ1) is 25.1. The molecule has 0 radical (unpaired) electrons. The molecule has 178 valence electrons. The molecule has 0 fully saturated rings. The first-order chi connectivity index (χ1) is 15.9. The summed E-state index contributed by atoms with van der Waals surface area (Å²) in [5, 5.41) is 13.6. The van der Waals surface area contributed by atoms with E-state index in [1.807, 2.05) is 48.0 Å². The number of rotatable bonds is 13. The molecule has 0 aliphatic carbocycles. The third-order valence-electron chi connectivity index (χ3n) is 5.34. The molecule has 1 heterocycles. The normalized spacial score (nSPS) is 12.1. The number of carbonyl (C=O) groups is 1. The van der Waals surface area contributed by atoms with Crippen LogP contribution in [0.2, 0.25) is 0 Å². The summed E-state index contributed by atoms with van der Waals surface area (Å²) in [4.78, 5) is 12.1. The minimum absolute atomic E-state index is 0.102. The van der Waals surface area contributed by atoms with Gasteiger partial charge in [0.25, 0.3) is 5.91 Å². The Kier molecular flexibility index (Phi) is 9.17. The number of halogens is 1. The topological polar surface area (TPSA) is 98.7 Å². The zero-order valence-electron chi connectivity index (χ0n) is 19.1. The first-order valence-electron chi connectivity index (χ1n) is 11.2. The standard InChI is InChI=1S/C25H32BrN3O4/c1-3-32-23-16-20(26)5-6-22(23)33-12-8-28-17(2)13-18-14-19-7-10-29(9-4-11-30)24(19)21(15-18)25(27)31/h5-7,10,14-17,28,30H,3-4,8-9,11-13H2,1-2H3,(H2,27,31). The number of aliphatic hydroxyl groups is 1. The number of ether oxygens (including phenoxy) is 2. The Balaban J connectivity index is 1.60. The van der Waals surface area contributed by atoms with Crippen molar-refractivity contribution in [2.75, 3.05) is 26.4 Å². The second kappa shape index (κ2) is 12.1. The number of fused-ring (bicyclic) bond motifs is 1. The number of hydrogen-bond donors (Lipinski definition) is 3. The van der Waals surface area contributed by atoms with Gasteiger partial charge in [-0.25, -0.2) is 0 Å². The van der Waals surface area contributed by atoms with Crippen LogP contribution in [0.4, 0.5) is 0 Å². The third-order valence-corrected chi connectivity index (χ3v) is 5.84. The highest BCUT2D eigenvalue weighted by atomic mass is 79.9. The Labute approximate surface area is 203 Å². The molecule has 2 aromatic carbocycles. The molecule has 0 aliphatic rings. The van der Waals surface area contributed by atoms with Crippen molar-refractivity contribution in [3.8, 4) is 11.5 Å². The summed E-state index contributed by atoms with van der Waals surface area (Å²) < 4.78 is 14.5. The number of aryl methyl sites for hydroxylation is 1. The van der Waals surface area contributed by atoms with Gasteiger partial charge < -0.3 is 30.2 Å². The van der Waals surface area contributed by atoms with Crippen molar-refractivity contribution in [3.63, 3.8) is 0 Å². The highest BCUT2D eigenvalue weighted by molar-refractivity contribution is 9.10. The fourth-order valence-corrected chi connectivity index (χ4v) is 4.25. The number of carbonyl (C=O) groups excluding carboxylic acids is 1. The number of amides is 1. The maximum absolute atomic E-state index is 12.1. The summed E-state index contributed by atoms with van der Waals surface area (Å²) in [6.45, 7) is 6.54. The monoisotopic (exact) mass is 517 g/mol. The third kappa shape index (κ3) is 6.72. The summed E-state index contributed by atoms with van der Waals surface area (Å²) in [7, 11) is 0. The van der Waals surface area contributed by atoms with Gasteiger partial charge in [-0.2, -0.15) is 0 Å². The van der Waals surface area contributed by atoms with Gasteiger partial charge in [-0.3, -0.25) is 4.79 Å². The van der Waals surface area contributed by atoms with Crippen LogP contribution in [0.25, 0.3) is 10.9 Å². The summed E-state index contributed by atoms with van der Waals surface area (Å²) in [5.41, 5.74) is 8.07. The van der Waals surface area contributed by atoms with E-state index in [1.165, 1.54) is 0 Å². The molecular weight excluding hydrogens is 486 g/mol. The lowest BCUT2D eigenvalue weighted by molar-refractivity contribution is 0.100. The largest absolute Gasteiger partial charge is 0.490 e. The van der Waals surface area contributed by atoms with E-state index in [-0.39, 0.29) is 12.6 Å². The molecule has 0 bridgehead atoms. The van der Waals surface area contributed by atoms with E-state index >= 15 is 0 Å². The smallest absolute Gasteiger partial charge is 0.250 e. The predicted molar refractivity (Wildman–Crippen MR) is 134 cm³/mol. The van der Waals surface area contributed by atoms with Gasteiger partial charge in [-0.1, -0.05) is 15.9 Å². The van der Waals surface area contributed by atoms with E-state index in [2.05, 4.69) is 34.2 Å². The number of nitrogens with two attached hydrogens (primary N) is 1. The lowest BCUT2D eigenvalue weighted by Crippen LogP contribution is -2.32. The van der Waals surface area contributed by atoms with Crippen molar-refractivity contribution in [3.05, 3.63) is 58.2 Å². The molecule has 1 aromatic heterocycles. The van der Waals surface area contributed by atoms with Gasteiger partial charge in [0, 0.05) is 41.8 Å². The van der Waals surface area contributed by atoms with E-state index < -0.39 is 5.91 Å². The zero-order valence-corrected chi connectivity index (χ0v) is 20.7. The van der Waals surface area contributed by atoms with Crippen molar-refractivity contribution in [1.82, 2.24) is 9.88 Å². The van der Waals surface area contributed by atoms with Crippen LogP contribution in [0.1, 0.15) is 36.2 Å². The maximum Gasteiger partial charge on any atom is 0.250 e. The highest BCUT2D eigenvalue weighted by Crippen LogP contribution is 2.30. The first-order valence-corrected chi connectivity index (χ1v) is 12.0. The molecule has 0 spiro atoms. The van der Waals surface area contributed by atoms with E-state index in [1.54, 1.807) is 0 Å². The van der Waals surface area contributed by atoms with Crippen molar-refractivity contribution in [2.24, 2.45) is 5.73 Å². The van der Waals surface area contributed by atoms with Crippen LogP contribution in [0.3, 0.4) is 0 Å². The van der Waals surface area contributed by atoms with Gasteiger partial charge in [0.15, 0.2) is 11.5 Å². The molecule has 4 N–H and O–H groups in total. The molecule has 3 aromatic rings. The van der Waals surface area contributed by atoms with Crippen molar-refractivity contribution in [2.45, 2.75) is 39.3 Å². The Morgan fingerprint density at radius 3 is 2.76 bits per heavy atom. The second-order valence-electron chi connectivity index (χ2n) is 7.96. The van der Waals surface area contributed by atoms with E-state index in [4.69, 9.17) is 20.3 Å². The summed E-state index contributed by atoms with van der Waals surface area (Å²) in [6, 6.07) is 11.9. The highest BCUT2D eigenvalue weighted by Gasteiger charge is 2.15. The Morgan fingerprint density at radius 2 is 2.03 bits per heavy atom. The number of nitrogens with one attached hydrogen (secondary N) is 1. The molecule has 33 heavy (non-hydrogen) atoms. The predicted octanol–water partition coefficient (Wildman–Crippen LogP) is 3.88. The molecular formula is C25H32BrN3O4. The van der Waals surface area contributed by atoms with Gasteiger partial charge in [-0.15, -0.1) is 0 Å². The number of benzene rings is 2. The summed E-state index contributed by atoms with van der Waals surface area (Å²) in [6.07, 6.45) is 3.31. The summed E-state index contributed by atoms with van der Waals surface area (Å²) in [5.74, 6) is 0.995. The molecule has 1 amide bonds. The van der Waals surface area contributed by atoms with Gasteiger partial charge in [0.2, 0.25) is 0 Å². The second-order valence-corrected chi connectivity index (χ2v) is 8.88. The fourth-order valence-electron chi connectivity index (χ4n) is 3.91. The average Bonchev–Trinajstić information content (AvgIpc) is 3.18. The zero-order chi connectivity index (χ0) is 23.8. The van der Waals surface area contributed by atoms with Gasteiger partial charge in [-0.05, 0) is 68.7 Å². The molecule has 1 unspecified atom stereocenters. The minimum Gasteiger partial charge on any atom is -0.490 e. The van der Waals surface area contributed by atoms with E-state index in [0.717, 1.165) is 38.9 Å². The van der Waals surface area contributed by atoms with Gasteiger partial charge >= 0.3 is 0 Å². The number of primary amides is 1. The van der Waals surface area contributed by atoms with E-state index in [0.29, 0.717) is 38.3 Å². The lowest BCUT2D eigenvalue weighted by Gasteiger charge is -2.17. The Hall–Kier alpha value is -2.55. The lowest BCUT2D eigenvalue weighted by atomic mass is 10.0. The van der Waals surface area contributed by atoms with Crippen LogP contribution in [0.15, 0.2) is 47.1 Å². The molecule has 3 rings (SSSR count).